The summed E-state index contributed by atoms with van der Waals surface area (Å²) in [5, 5.41) is 0. The van der Waals surface area contributed by atoms with Crippen molar-refractivity contribution in [3.63, 3.8) is 0 Å². The molecule has 0 spiro atoms. The fraction of sp³-hybridized carbons (Fsp3) is 0.143. The van der Waals surface area contributed by atoms with Crippen LogP contribution in [-0.2, 0) is 6.54 Å². The first kappa shape index (κ1) is 18.1. The van der Waals surface area contributed by atoms with E-state index in [4.69, 9.17) is 0 Å². The van der Waals surface area contributed by atoms with Gasteiger partial charge in [0.1, 0.15) is 0 Å². The van der Waals surface area contributed by atoms with E-state index in [1.807, 2.05) is 85.7 Å². The van der Waals surface area contributed by atoms with Crippen molar-refractivity contribution in [2.24, 2.45) is 0 Å². The summed E-state index contributed by atoms with van der Waals surface area (Å²) < 4.78 is 0.973. The van der Waals surface area contributed by atoms with E-state index < -0.39 is 0 Å². The van der Waals surface area contributed by atoms with E-state index in [9.17, 15) is 4.79 Å². The fourth-order valence-electron chi connectivity index (χ4n) is 2.63. The smallest absolute Gasteiger partial charge is 0.258 e. The van der Waals surface area contributed by atoms with Crippen LogP contribution in [0.15, 0.2) is 77.4 Å². The van der Waals surface area contributed by atoms with Crippen molar-refractivity contribution in [2.45, 2.75) is 6.54 Å². The predicted octanol–water partition coefficient (Wildman–Crippen LogP) is 4.76. The van der Waals surface area contributed by atoms with Crippen LogP contribution in [0.4, 0.5) is 11.4 Å². The van der Waals surface area contributed by atoms with E-state index in [0.717, 1.165) is 21.5 Å². The quantitative estimate of drug-likeness (QED) is 0.609. The zero-order valence-corrected chi connectivity index (χ0v) is 16.3. The molecule has 4 nitrogen and oxygen atoms in total. The van der Waals surface area contributed by atoms with Gasteiger partial charge in [-0.15, -0.1) is 0 Å². The molecule has 1 heterocycles. The van der Waals surface area contributed by atoms with E-state index >= 15 is 0 Å². The highest BCUT2D eigenvalue weighted by Crippen LogP contribution is 2.23. The Balaban J connectivity index is 1.98. The molecular weight excluding hydrogens is 390 g/mol. The second-order valence-corrected chi connectivity index (χ2v) is 7.05. The van der Waals surface area contributed by atoms with E-state index in [2.05, 4.69) is 20.9 Å². The molecule has 0 radical (unpaired) electrons. The summed E-state index contributed by atoms with van der Waals surface area (Å²) >= 11 is 3.45. The molecule has 0 unspecified atom stereocenters. The maximum Gasteiger partial charge on any atom is 0.258 e. The molecule has 0 saturated heterocycles. The van der Waals surface area contributed by atoms with Gasteiger partial charge < -0.3 is 9.80 Å². The number of benzene rings is 2. The number of hydrogen-bond donors (Lipinski definition) is 0. The minimum absolute atomic E-state index is 0.0540. The van der Waals surface area contributed by atoms with Crippen molar-refractivity contribution in [3.05, 3.63) is 88.7 Å². The number of halogens is 1. The molecule has 0 bridgehead atoms. The Kier molecular flexibility index (Phi) is 5.68. The molecule has 26 heavy (non-hydrogen) atoms. The number of hydrogen-bond acceptors (Lipinski definition) is 3. The number of aromatic nitrogens is 1. The molecule has 0 N–H and O–H groups in total. The van der Waals surface area contributed by atoms with E-state index in [1.165, 1.54) is 0 Å². The molecule has 0 aliphatic heterocycles. The van der Waals surface area contributed by atoms with Gasteiger partial charge in [-0.1, -0.05) is 28.1 Å². The van der Waals surface area contributed by atoms with Crippen LogP contribution < -0.4 is 9.80 Å². The van der Waals surface area contributed by atoms with Crippen LogP contribution in [0, 0.1) is 0 Å². The number of nitrogens with zero attached hydrogens (tertiary/aromatic N) is 3. The largest absolute Gasteiger partial charge is 0.378 e. The number of pyridine rings is 1. The zero-order valence-electron chi connectivity index (χ0n) is 14.8. The number of rotatable bonds is 5. The molecule has 3 aromatic rings. The molecule has 2 aromatic carbocycles. The third kappa shape index (κ3) is 4.29. The average molecular weight is 410 g/mol. The summed E-state index contributed by atoms with van der Waals surface area (Å²) in [6, 6.07) is 21.1. The summed E-state index contributed by atoms with van der Waals surface area (Å²) in [5.41, 5.74) is 3.31. The van der Waals surface area contributed by atoms with Crippen LogP contribution in [0.25, 0.3) is 0 Å². The lowest BCUT2D eigenvalue weighted by molar-refractivity contribution is 0.0985. The maximum absolute atomic E-state index is 13.3. The summed E-state index contributed by atoms with van der Waals surface area (Å²) in [7, 11) is 3.92. The Morgan fingerprint density at radius 3 is 2.38 bits per heavy atom. The Morgan fingerprint density at radius 1 is 0.962 bits per heavy atom. The van der Waals surface area contributed by atoms with Crippen molar-refractivity contribution < 1.29 is 4.79 Å². The fourth-order valence-corrected chi connectivity index (χ4v) is 2.89. The van der Waals surface area contributed by atoms with Crippen molar-refractivity contribution in [2.75, 3.05) is 23.9 Å². The lowest BCUT2D eigenvalue weighted by Crippen LogP contribution is -2.31. The monoisotopic (exact) mass is 409 g/mol. The highest BCUT2D eigenvalue weighted by atomic mass is 79.9. The van der Waals surface area contributed by atoms with Crippen molar-refractivity contribution in [3.8, 4) is 0 Å². The van der Waals surface area contributed by atoms with Crippen LogP contribution in [-0.4, -0.2) is 25.0 Å². The zero-order chi connectivity index (χ0) is 18.5. The normalized spacial score (nSPS) is 10.4. The van der Waals surface area contributed by atoms with Gasteiger partial charge in [0.25, 0.3) is 5.91 Å². The Hall–Kier alpha value is -2.66. The molecule has 5 heteroatoms. The number of anilines is 2. The molecule has 0 saturated carbocycles. The minimum Gasteiger partial charge on any atom is -0.378 e. The molecule has 0 atom stereocenters. The van der Waals surface area contributed by atoms with Crippen LogP contribution >= 0.6 is 15.9 Å². The third-order valence-corrected chi connectivity index (χ3v) is 4.57. The Bertz CT molecular complexity index is 879. The van der Waals surface area contributed by atoms with Gasteiger partial charge >= 0.3 is 0 Å². The molecule has 1 amide bonds. The Labute approximate surface area is 162 Å². The number of amides is 1. The molecule has 3 rings (SSSR count). The van der Waals surface area contributed by atoms with Crippen molar-refractivity contribution in [1.82, 2.24) is 4.98 Å². The van der Waals surface area contributed by atoms with Gasteiger partial charge in [0.15, 0.2) is 0 Å². The highest BCUT2D eigenvalue weighted by Gasteiger charge is 2.19. The third-order valence-electron chi connectivity index (χ3n) is 4.04. The number of carbonyl (C=O) groups is 1. The second-order valence-electron chi connectivity index (χ2n) is 6.13. The number of carbonyl (C=O) groups excluding carboxylic acids is 1. The van der Waals surface area contributed by atoms with E-state index in [-0.39, 0.29) is 5.91 Å². The highest BCUT2D eigenvalue weighted by molar-refractivity contribution is 9.10. The van der Waals surface area contributed by atoms with Crippen LogP contribution in [0.2, 0.25) is 0 Å². The summed E-state index contributed by atoms with van der Waals surface area (Å²) in [5.74, 6) is -0.0540. The minimum atomic E-state index is -0.0540. The van der Waals surface area contributed by atoms with Gasteiger partial charge in [0.2, 0.25) is 0 Å². The first-order valence-electron chi connectivity index (χ1n) is 8.29. The Morgan fingerprint density at radius 2 is 1.73 bits per heavy atom. The topological polar surface area (TPSA) is 36.4 Å². The summed E-state index contributed by atoms with van der Waals surface area (Å²) in [4.78, 5) is 21.4. The average Bonchev–Trinajstić information content (AvgIpc) is 2.67. The van der Waals surface area contributed by atoms with Gasteiger partial charge in [-0.25, -0.2) is 0 Å². The van der Waals surface area contributed by atoms with Gasteiger partial charge in [-0.3, -0.25) is 9.78 Å². The first-order chi connectivity index (χ1) is 12.5. The van der Waals surface area contributed by atoms with Crippen molar-refractivity contribution >= 4 is 33.2 Å². The lowest BCUT2D eigenvalue weighted by Gasteiger charge is -2.23. The maximum atomic E-state index is 13.3. The summed E-state index contributed by atoms with van der Waals surface area (Å²) in [6.45, 7) is 0.410. The van der Waals surface area contributed by atoms with Gasteiger partial charge in [-0.2, -0.15) is 0 Å². The van der Waals surface area contributed by atoms with E-state index in [0.29, 0.717) is 12.1 Å². The van der Waals surface area contributed by atoms with Crippen LogP contribution in [0.1, 0.15) is 16.1 Å². The first-order valence-corrected chi connectivity index (χ1v) is 9.08. The predicted molar refractivity (Wildman–Crippen MR) is 110 cm³/mol. The molecule has 1 aromatic heterocycles. The summed E-state index contributed by atoms with van der Waals surface area (Å²) in [6.07, 6.45) is 1.74. The van der Waals surface area contributed by atoms with Gasteiger partial charge in [-0.05, 0) is 54.6 Å². The standard InChI is InChI=1S/C21H20BrN3O/c1-24(2)20-8-5-6-16(14-20)21(26)25(15-18-7-3-4-13-23-18)19-11-9-17(22)10-12-19/h3-14H,15H2,1-2H3. The molecule has 0 aliphatic carbocycles. The van der Waals surface area contributed by atoms with Gasteiger partial charge in [0.05, 0.1) is 12.2 Å². The van der Waals surface area contributed by atoms with Crippen molar-refractivity contribution in [1.29, 1.82) is 0 Å². The SMILES string of the molecule is CN(C)c1cccc(C(=O)N(Cc2ccccn2)c2ccc(Br)cc2)c1. The van der Waals surface area contributed by atoms with Crippen LogP contribution in [0.5, 0.6) is 0 Å². The molecule has 0 aliphatic rings. The molecule has 132 valence electrons. The second kappa shape index (κ2) is 8.15. The van der Waals surface area contributed by atoms with E-state index in [1.54, 1.807) is 11.1 Å². The lowest BCUT2D eigenvalue weighted by atomic mass is 10.1. The van der Waals surface area contributed by atoms with Crippen LogP contribution in [0.3, 0.4) is 0 Å². The molecular formula is C21H20BrN3O. The van der Waals surface area contributed by atoms with Gasteiger partial charge in [0, 0.05) is 41.7 Å². The molecule has 0 fully saturated rings.